The molecule has 2 N–H and O–H groups in total. The highest BCUT2D eigenvalue weighted by Gasteiger charge is 2.19. The summed E-state index contributed by atoms with van der Waals surface area (Å²) >= 11 is 3.28. The zero-order valence-corrected chi connectivity index (χ0v) is 17.6. The molecule has 0 saturated carbocycles. The number of rotatable bonds is 8. The molecular formula is C18H21BrN2O5S. The molecule has 2 aromatic rings. The Morgan fingerprint density at radius 3 is 2.44 bits per heavy atom. The number of esters is 1. The van der Waals surface area contributed by atoms with Crippen molar-refractivity contribution in [3.63, 3.8) is 0 Å². The van der Waals surface area contributed by atoms with Gasteiger partial charge in [0.15, 0.2) is 0 Å². The maximum Gasteiger partial charge on any atom is 0.338 e. The molecule has 0 heterocycles. The topological polar surface area (TPSA) is 93.7 Å². The van der Waals surface area contributed by atoms with E-state index >= 15 is 0 Å². The number of methoxy groups -OCH3 is 1. The van der Waals surface area contributed by atoms with Gasteiger partial charge in [0.1, 0.15) is 5.75 Å². The van der Waals surface area contributed by atoms with Crippen molar-refractivity contribution < 1.29 is 22.7 Å². The first-order valence-electron chi connectivity index (χ1n) is 8.23. The van der Waals surface area contributed by atoms with Crippen LogP contribution in [-0.2, 0) is 14.8 Å². The van der Waals surface area contributed by atoms with Crippen LogP contribution in [0.4, 0.5) is 11.4 Å². The minimum absolute atomic E-state index is 0.0548. The molecule has 0 bridgehead atoms. The summed E-state index contributed by atoms with van der Waals surface area (Å²) in [7, 11) is -2.39. The third-order valence-electron chi connectivity index (χ3n) is 3.58. The first-order valence-corrected chi connectivity index (χ1v) is 10.5. The van der Waals surface area contributed by atoms with E-state index in [1.54, 1.807) is 25.1 Å². The van der Waals surface area contributed by atoms with E-state index in [-0.39, 0.29) is 22.8 Å². The lowest BCUT2D eigenvalue weighted by atomic mass is 10.1. The number of carbonyl (C=O) groups excluding carboxylic acids is 1. The van der Waals surface area contributed by atoms with Crippen molar-refractivity contribution >= 4 is 43.3 Å². The summed E-state index contributed by atoms with van der Waals surface area (Å²) in [5.41, 5.74) is 1.07. The number of hydrogen-bond donors (Lipinski definition) is 2. The molecule has 146 valence electrons. The normalized spacial score (nSPS) is 11.0. The average Bonchev–Trinajstić information content (AvgIpc) is 2.63. The minimum atomic E-state index is -3.88. The lowest BCUT2D eigenvalue weighted by Crippen LogP contribution is -2.15. The van der Waals surface area contributed by atoms with Gasteiger partial charge in [-0.05, 0) is 66.2 Å². The summed E-state index contributed by atoms with van der Waals surface area (Å²) in [6.45, 7) is 4.41. The number of sulfonamides is 1. The van der Waals surface area contributed by atoms with Crippen LogP contribution in [0.15, 0.2) is 45.8 Å². The maximum atomic E-state index is 12.8. The molecule has 0 atom stereocenters. The van der Waals surface area contributed by atoms with Gasteiger partial charge < -0.3 is 14.8 Å². The van der Waals surface area contributed by atoms with Gasteiger partial charge in [-0.25, -0.2) is 13.2 Å². The van der Waals surface area contributed by atoms with Crippen LogP contribution < -0.4 is 14.8 Å². The summed E-state index contributed by atoms with van der Waals surface area (Å²) in [5, 5.41) is 3.07. The third-order valence-corrected chi connectivity index (χ3v) is 5.56. The molecule has 0 amide bonds. The lowest BCUT2D eigenvalue weighted by molar-refractivity contribution is 0.0526. The summed E-state index contributed by atoms with van der Waals surface area (Å²) in [6, 6.07) is 9.11. The van der Waals surface area contributed by atoms with Crippen molar-refractivity contribution in [1.82, 2.24) is 0 Å². The van der Waals surface area contributed by atoms with Crippen LogP contribution in [0.25, 0.3) is 0 Å². The minimum Gasteiger partial charge on any atom is -0.496 e. The highest BCUT2D eigenvalue weighted by molar-refractivity contribution is 9.10. The largest absolute Gasteiger partial charge is 0.496 e. The molecule has 0 aromatic heterocycles. The van der Waals surface area contributed by atoms with E-state index in [4.69, 9.17) is 9.47 Å². The molecule has 2 rings (SSSR count). The molecule has 9 heteroatoms. The smallest absolute Gasteiger partial charge is 0.338 e. The standard InChI is InChI=1S/C18H21BrN2O5S/c1-4-20-15-8-6-12(18(22)26-5-2)10-16(15)21-27(23,24)13-7-9-17(25-3)14(19)11-13/h6-11,20-21H,4-5H2,1-3H3. The van der Waals surface area contributed by atoms with Crippen molar-refractivity contribution in [3.8, 4) is 5.75 Å². The van der Waals surface area contributed by atoms with Crippen molar-refractivity contribution in [1.29, 1.82) is 0 Å². The van der Waals surface area contributed by atoms with Gasteiger partial charge >= 0.3 is 5.97 Å². The first-order chi connectivity index (χ1) is 12.8. The Bertz CT molecular complexity index is 931. The summed E-state index contributed by atoms with van der Waals surface area (Å²) in [4.78, 5) is 12.0. The van der Waals surface area contributed by atoms with Crippen LogP contribution in [0.3, 0.4) is 0 Å². The number of benzene rings is 2. The highest BCUT2D eigenvalue weighted by Crippen LogP contribution is 2.30. The van der Waals surface area contributed by atoms with E-state index in [1.165, 1.54) is 25.3 Å². The van der Waals surface area contributed by atoms with Gasteiger partial charge in [0.25, 0.3) is 10.0 Å². The Kier molecular flexibility index (Phi) is 7.09. The second kappa shape index (κ2) is 9.09. The van der Waals surface area contributed by atoms with Crippen LogP contribution >= 0.6 is 15.9 Å². The van der Waals surface area contributed by atoms with E-state index in [9.17, 15) is 13.2 Å². The number of ether oxygens (including phenoxy) is 2. The summed E-state index contributed by atoms with van der Waals surface area (Å²) in [5.74, 6) is -0.000199. The Labute approximate surface area is 167 Å². The van der Waals surface area contributed by atoms with Crippen LogP contribution in [0.5, 0.6) is 5.75 Å². The van der Waals surface area contributed by atoms with Crippen molar-refractivity contribution in [2.75, 3.05) is 30.3 Å². The Morgan fingerprint density at radius 2 is 1.85 bits per heavy atom. The molecule has 0 aliphatic heterocycles. The molecule has 0 unspecified atom stereocenters. The van der Waals surface area contributed by atoms with Crippen LogP contribution in [0.2, 0.25) is 0 Å². The van der Waals surface area contributed by atoms with E-state index in [1.807, 2.05) is 6.92 Å². The van der Waals surface area contributed by atoms with Gasteiger partial charge in [-0.2, -0.15) is 0 Å². The molecule has 2 aromatic carbocycles. The third kappa shape index (κ3) is 5.14. The number of halogens is 1. The predicted octanol–water partition coefficient (Wildman–Crippen LogP) is 3.87. The fourth-order valence-corrected chi connectivity index (χ4v) is 4.12. The van der Waals surface area contributed by atoms with Gasteiger partial charge in [-0.1, -0.05) is 0 Å². The maximum absolute atomic E-state index is 12.8. The molecule has 0 spiro atoms. The zero-order valence-electron chi connectivity index (χ0n) is 15.2. The number of nitrogens with one attached hydrogen (secondary N) is 2. The Hall–Kier alpha value is -2.26. The molecule has 0 radical (unpaired) electrons. The monoisotopic (exact) mass is 456 g/mol. The van der Waals surface area contributed by atoms with E-state index in [0.717, 1.165) is 0 Å². The van der Waals surface area contributed by atoms with Crippen LogP contribution in [-0.4, -0.2) is 34.6 Å². The second-order valence-corrected chi connectivity index (χ2v) is 7.95. The SMILES string of the molecule is CCNc1ccc(C(=O)OCC)cc1NS(=O)(=O)c1ccc(OC)c(Br)c1. The highest BCUT2D eigenvalue weighted by atomic mass is 79.9. The van der Waals surface area contributed by atoms with E-state index in [0.29, 0.717) is 22.5 Å². The number of hydrogen-bond acceptors (Lipinski definition) is 6. The van der Waals surface area contributed by atoms with Crippen molar-refractivity contribution in [2.45, 2.75) is 18.7 Å². The van der Waals surface area contributed by atoms with Gasteiger partial charge in [0, 0.05) is 6.54 Å². The number of anilines is 2. The first kappa shape index (κ1) is 21.0. The quantitative estimate of drug-likeness (QED) is 0.585. The fourth-order valence-electron chi connectivity index (χ4n) is 2.33. The van der Waals surface area contributed by atoms with Crippen molar-refractivity contribution in [2.24, 2.45) is 0 Å². The fraction of sp³-hybridized carbons (Fsp3) is 0.278. The van der Waals surface area contributed by atoms with Gasteiger partial charge in [0.05, 0.1) is 40.0 Å². The van der Waals surface area contributed by atoms with Gasteiger partial charge in [-0.3, -0.25) is 4.72 Å². The van der Waals surface area contributed by atoms with E-state index < -0.39 is 16.0 Å². The Balaban J connectivity index is 2.42. The summed E-state index contributed by atoms with van der Waals surface area (Å²) in [6.07, 6.45) is 0. The second-order valence-electron chi connectivity index (χ2n) is 5.41. The lowest BCUT2D eigenvalue weighted by Gasteiger charge is -2.15. The van der Waals surface area contributed by atoms with E-state index in [2.05, 4.69) is 26.0 Å². The van der Waals surface area contributed by atoms with Gasteiger partial charge in [-0.15, -0.1) is 0 Å². The van der Waals surface area contributed by atoms with Crippen LogP contribution in [0, 0.1) is 0 Å². The molecule has 7 nitrogen and oxygen atoms in total. The molecule has 0 aliphatic carbocycles. The number of carbonyl (C=O) groups is 1. The summed E-state index contributed by atoms with van der Waals surface area (Å²) < 4.78 is 38.8. The molecule has 0 saturated heterocycles. The zero-order chi connectivity index (χ0) is 20.0. The van der Waals surface area contributed by atoms with Crippen molar-refractivity contribution in [3.05, 3.63) is 46.4 Å². The molecular weight excluding hydrogens is 436 g/mol. The molecule has 0 aliphatic rings. The molecule has 27 heavy (non-hydrogen) atoms. The predicted molar refractivity (Wildman–Crippen MR) is 108 cm³/mol. The van der Waals surface area contributed by atoms with Gasteiger partial charge in [0.2, 0.25) is 0 Å². The molecule has 0 fully saturated rings. The Morgan fingerprint density at radius 1 is 1.11 bits per heavy atom. The average molecular weight is 457 g/mol. The van der Waals surface area contributed by atoms with Crippen LogP contribution in [0.1, 0.15) is 24.2 Å².